The van der Waals surface area contributed by atoms with Gasteiger partial charge in [-0.05, 0) is 18.1 Å². The van der Waals surface area contributed by atoms with Gasteiger partial charge in [-0.3, -0.25) is 4.79 Å². The van der Waals surface area contributed by atoms with E-state index < -0.39 is 23.0 Å². The summed E-state index contributed by atoms with van der Waals surface area (Å²) < 4.78 is 28.7. The lowest BCUT2D eigenvalue weighted by atomic mass is 10.1. The van der Waals surface area contributed by atoms with Crippen molar-refractivity contribution in [1.29, 1.82) is 0 Å². The monoisotopic (exact) mass is 279 g/mol. The quantitative estimate of drug-likeness (QED) is 0.790. The highest BCUT2D eigenvalue weighted by Crippen LogP contribution is 2.15. The van der Waals surface area contributed by atoms with Crippen molar-refractivity contribution in [1.82, 2.24) is 14.8 Å². The molecule has 0 N–H and O–H groups in total. The summed E-state index contributed by atoms with van der Waals surface area (Å²) in [4.78, 5) is 16.0. The SMILES string of the molecule is CC(C)Cn1ncnc1CC(=O)c1c(F)cccc1F. The summed E-state index contributed by atoms with van der Waals surface area (Å²) in [5, 5.41) is 4.01. The van der Waals surface area contributed by atoms with Gasteiger partial charge >= 0.3 is 0 Å². The molecule has 2 aromatic rings. The molecule has 6 heteroatoms. The highest BCUT2D eigenvalue weighted by molar-refractivity contribution is 5.97. The zero-order chi connectivity index (χ0) is 14.7. The molecule has 0 aliphatic heterocycles. The van der Waals surface area contributed by atoms with Crippen LogP contribution < -0.4 is 0 Å². The summed E-state index contributed by atoms with van der Waals surface area (Å²) in [5.74, 6) is -1.62. The molecule has 0 spiro atoms. The van der Waals surface area contributed by atoms with E-state index in [2.05, 4.69) is 10.1 Å². The molecule has 0 aliphatic carbocycles. The van der Waals surface area contributed by atoms with Gasteiger partial charge < -0.3 is 0 Å². The van der Waals surface area contributed by atoms with Crippen molar-refractivity contribution in [3.63, 3.8) is 0 Å². The van der Waals surface area contributed by atoms with E-state index in [0.717, 1.165) is 12.1 Å². The molecule has 4 nitrogen and oxygen atoms in total. The third kappa shape index (κ3) is 3.07. The van der Waals surface area contributed by atoms with E-state index >= 15 is 0 Å². The summed E-state index contributed by atoms with van der Waals surface area (Å²) in [7, 11) is 0. The van der Waals surface area contributed by atoms with E-state index in [1.165, 1.54) is 12.4 Å². The number of Topliss-reactive ketones (excluding diaryl/α,β-unsaturated/α-hetero) is 1. The van der Waals surface area contributed by atoms with Gasteiger partial charge in [-0.25, -0.2) is 18.4 Å². The van der Waals surface area contributed by atoms with Crippen molar-refractivity contribution < 1.29 is 13.6 Å². The summed E-state index contributed by atoms with van der Waals surface area (Å²) >= 11 is 0. The van der Waals surface area contributed by atoms with E-state index in [0.29, 0.717) is 18.3 Å². The maximum Gasteiger partial charge on any atom is 0.176 e. The third-order valence-electron chi connectivity index (χ3n) is 2.79. The fourth-order valence-electron chi connectivity index (χ4n) is 1.92. The minimum atomic E-state index is -0.857. The average Bonchev–Trinajstić information content (AvgIpc) is 2.75. The van der Waals surface area contributed by atoms with E-state index in [1.807, 2.05) is 13.8 Å². The summed E-state index contributed by atoms with van der Waals surface area (Å²) in [6, 6.07) is 3.35. The molecule has 0 aliphatic rings. The van der Waals surface area contributed by atoms with Crippen molar-refractivity contribution in [3.05, 3.63) is 47.5 Å². The number of rotatable bonds is 5. The van der Waals surface area contributed by atoms with E-state index in [4.69, 9.17) is 0 Å². The van der Waals surface area contributed by atoms with Crippen LogP contribution in [0.25, 0.3) is 0 Å². The number of aromatic nitrogens is 3. The molecule has 0 fully saturated rings. The Bertz CT molecular complexity index is 602. The molecule has 1 aromatic heterocycles. The molecule has 1 heterocycles. The van der Waals surface area contributed by atoms with Crippen LogP contribution in [0.4, 0.5) is 8.78 Å². The highest BCUT2D eigenvalue weighted by atomic mass is 19.1. The lowest BCUT2D eigenvalue weighted by Crippen LogP contribution is -2.16. The molecular weight excluding hydrogens is 264 g/mol. The second kappa shape index (κ2) is 5.90. The minimum absolute atomic E-state index is 0.176. The smallest absolute Gasteiger partial charge is 0.176 e. The summed E-state index contributed by atoms with van der Waals surface area (Å²) in [6.07, 6.45) is 1.16. The van der Waals surface area contributed by atoms with Crippen LogP contribution >= 0.6 is 0 Å². The maximum atomic E-state index is 13.5. The van der Waals surface area contributed by atoms with Crippen LogP contribution in [0.15, 0.2) is 24.5 Å². The zero-order valence-corrected chi connectivity index (χ0v) is 11.3. The molecule has 0 amide bonds. The fourth-order valence-corrected chi connectivity index (χ4v) is 1.92. The first-order valence-corrected chi connectivity index (χ1v) is 6.33. The van der Waals surface area contributed by atoms with Gasteiger partial charge in [0.2, 0.25) is 0 Å². The Morgan fingerprint density at radius 1 is 1.30 bits per heavy atom. The predicted molar refractivity (Wildman–Crippen MR) is 69.3 cm³/mol. The Morgan fingerprint density at radius 3 is 2.55 bits per heavy atom. The molecule has 20 heavy (non-hydrogen) atoms. The number of ketones is 1. The number of hydrogen-bond acceptors (Lipinski definition) is 3. The van der Waals surface area contributed by atoms with Crippen LogP contribution in [0.3, 0.4) is 0 Å². The number of carbonyl (C=O) groups excluding carboxylic acids is 1. The molecule has 0 atom stereocenters. The number of benzene rings is 1. The molecule has 0 radical (unpaired) electrons. The van der Waals surface area contributed by atoms with Gasteiger partial charge in [0.25, 0.3) is 0 Å². The van der Waals surface area contributed by atoms with Crippen LogP contribution in [0.5, 0.6) is 0 Å². The second-order valence-electron chi connectivity index (χ2n) is 4.95. The Balaban J connectivity index is 2.22. The molecule has 2 rings (SSSR count). The van der Waals surface area contributed by atoms with Gasteiger partial charge in [-0.15, -0.1) is 0 Å². The number of carbonyl (C=O) groups is 1. The van der Waals surface area contributed by atoms with Gasteiger partial charge in [-0.2, -0.15) is 5.10 Å². The fraction of sp³-hybridized carbons (Fsp3) is 0.357. The van der Waals surface area contributed by atoms with Crippen molar-refractivity contribution >= 4 is 5.78 Å². The number of hydrogen-bond donors (Lipinski definition) is 0. The van der Waals surface area contributed by atoms with Crippen molar-refractivity contribution in [2.24, 2.45) is 5.92 Å². The summed E-state index contributed by atoms with van der Waals surface area (Å²) in [6.45, 7) is 4.61. The van der Waals surface area contributed by atoms with Crippen molar-refractivity contribution in [3.8, 4) is 0 Å². The first kappa shape index (κ1) is 14.3. The standard InChI is InChI=1S/C14H15F2N3O/c1-9(2)7-19-13(17-8-18-19)6-12(20)14-10(15)4-3-5-11(14)16/h3-5,8-9H,6-7H2,1-2H3. The minimum Gasteiger partial charge on any atom is -0.293 e. The van der Waals surface area contributed by atoms with Gasteiger partial charge in [-0.1, -0.05) is 19.9 Å². The maximum absolute atomic E-state index is 13.5. The lowest BCUT2D eigenvalue weighted by Gasteiger charge is -2.08. The molecule has 0 bridgehead atoms. The molecule has 0 saturated heterocycles. The van der Waals surface area contributed by atoms with E-state index in [9.17, 15) is 13.6 Å². The third-order valence-corrected chi connectivity index (χ3v) is 2.79. The molecule has 0 unspecified atom stereocenters. The second-order valence-corrected chi connectivity index (χ2v) is 4.95. The molecular formula is C14H15F2N3O. The van der Waals surface area contributed by atoms with Gasteiger partial charge in [0.1, 0.15) is 23.8 Å². The normalized spacial score (nSPS) is 11.1. The van der Waals surface area contributed by atoms with Crippen LogP contribution in [-0.2, 0) is 13.0 Å². The first-order chi connectivity index (χ1) is 9.49. The number of nitrogens with zero attached hydrogens (tertiary/aromatic N) is 3. The van der Waals surface area contributed by atoms with Crippen LogP contribution in [0.2, 0.25) is 0 Å². The predicted octanol–water partition coefficient (Wildman–Crippen LogP) is 2.64. The Morgan fingerprint density at radius 2 is 1.95 bits per heavy atom. The van der Waals surface area contributed by atoms with Crippen molar-refractivity contribution in [2.45, 2.75) is 26.8 Å². The lowest BCUT2D eigenvalue weighted by molar-refractivity contribution is 0.0981. The van der Waals surface area contributed by atoms with Crippen LogP contribution in [0, 0.1) is 17.6 Å². The van der Waals surface area contributed by atoms with Gasteiger partial charge in [0, 0.05) is 6.54 Å². The molecule has 106 valence electrons. The number of halogens is 2. The molecule has 0 saturated carbocycles. The highest BCUT2D eigenvalue weighted by Gasteiger charge is 2.19. The van der Waals surface area contributed by atoms with Gasteiger partial charge in [0.05, 0.1) is 12.0 Å². The van der Waals surface area contributed by atoms with Crippen LogP contribution in [-0.4, -0.2) is 20.5 Å². The van der Waals surface area contributed by atoms with Gasteiger partial charge in [0.15, 0.2) is 5.78 Å². The summed E-state index contributed by atoms with van der Waals surface area (Å²) in [5.41, 5.74) is -0.522. The zero-order valence-electron chi connectivity index (χ0n) is 11.3. The Hall–Kier alpha value is -2.11. The Labute approximate surface area is 115 Å². The van der Waals surface area contributed by atoms with E-state index in [1.54, 1.807) is 4.68 Å². The average molecular weight is 279 g/mol. The van der Waals surface area contributed by atoms with E-state index in [-0.39, 0.29) is 6.42 Å². The first-order valence-electron chi connectivity index (χ1n) is 6.33. The topological polar surface area (TPSA) is 47.8 Å². The van der Waals surface area contributed by atoms with Crippen molar-refractivity contribution in [2.75, 3.05) is 0 Å². The Kier molecular flexibility index (Phi) is 4.22. The molecule has 1 aromatic carbocycles. The van der Waals surface area contributed by atoms with Crippen LogP contribution in [0.1, 0.15) is 30.0 Å². The largest absolute Gasteiger partial charge is 0.293 e.